The van der Waals surface area contributed by atoms with E-state index in [0.717, 1.165) is 28.1 Å². The Balaban J connectivity index is 2.49. The minimum absolute atomic E-state index is 0.383. The summed E-state index contributed by atoms with van der Waals surface area (Å²) in [5, 5.41) is 9.22. The van der Waals surface area contributed by atoms with Gasteiger partial charge in [0.15, 0.2) is 0 Å². The van der Waals surface area contributed by atoms with Gasteiger partial charge in [-0.1, -0.05) is 12.1 Å². The molecule has 0 aliphatic heterocycles. The van der Waals surface area contributed by atoms with Gasteiger partial charge in [0, 0.05) is 5.69 Å². The molecule has 0 N–H and O–H groups in total. The summed E-state index contributed by atoms with van der Waals surface area (Å²) < 4.78 is 5.84. The van der Waals surface area contributed by atoms with Crippen molar-refractivity contribution >= 4 is 0 Å². The van der Waals surface area contributed by atoms with E-state index in [9.17, 15) is 5.26 Å². The first-order valence-electron chi connectivity index (χ1n) is 6.14. The maximum absolute atomic E-state index is 9.22. The molecule has 0 saturated heterocycles. The Morgan fingerprint density at radius 1 is 1.05 bits per heavy atom. The molecule has 1 aromatic carbocycles. The lowest BCUT2D eigenvalue weighted by Crippen LogP contribution is -1.98. The molecule has 0 spiro atoms. The van der Waals surface area contributed by atoms with Gasteiger partial charge in [-0.25, -0.2) is 4.98 Å². The van der Waals surface area contributed by atoms with E-state index in [1.54, 1.807) is 0 Å². The molecule has 1 aromatic heterocycles. The van der Waals surface area contributed by atoms with Gasteiger partial charge in [0.05, 0.1) is 0 Å². The van der Waals surface area contributed by atoms with Gasteiger partial charge in [-0.3, -0.25) is 0 Å². The average Bonchev–Trinajstić information content (AvgIpc) is 2.33. The number of nitrogens with zero attached hydrogens (tertiary/aromatic N) is 2. The zero-order valence-electron chi connectivity index (χ0n) is 11.6. The number of hydrogen-bond acceptors (Lipinski definition) is 3. The van der Waals surface area contributed by atoms with Gasteiger partial charge >= 0.3 is 0 Å². The number of pyridine rings is 1. The number of aromatic nitrogens is 1. The molecule has 19 heavy (non-hydrogen) atoms. The number of aryl methyl sites for hydroxylation is 4. The molecule has 96 valence electrons. The molecule has 0 aliphatic carbocycles. The largest absolute Gasteiger partial charge is 0.437 e. The van der Waals surface area contributed by atoms with Crippen molar-refractivity contribution in [2.45, 2.75) is 27.7 Å². The van der Waals surface area contributed by atoms with E-state index in [2.05, 4.69) is 11.1 Å². The van der Waals surface area contributed by atoms with Crippen LogP contribution >= 0.6 is 0 Å². The third-order valence-corrected chi connectivity index (χ3v) is 2.97. The van der Waals surface area contributed by atoms with Crippen LogP contribution in [0.15, 0.2) is 24.3 Å². The predicted molar refractivity (Wildman–Crippen MR) is 74.4 cm³/mol. The molecule has 0 bridgehead atoms. The molecule has 0 atom stereocenters. The van der Waals surface area contributed by atoms with Gasteiger partial charge in [-0.15, -0.1) is 0 Å². The second-order valence-corrected chi connectivity index (χ2v) is 4.74. The molecule has 2 aromatic rings. The summed E-state index contributed by atoms with van der Waals surface area (Å²) >= 11 is 0. The lowest BCUT2D eigenvalue weighted by atomic mass is 10.1. The summed E-state index contributed by atoms with van der Waals surface area (Å²) in [6, 6.07) is 10.0. The second kappa shape index (κ2) is 5.11. The standard InChI is InChI=1S/C16H16N2O/c1-10-5-6-11(2)15(7-10)19-16-14(9-17)12(3)8-13(4)18-16/h5-8H,1-4H3. The van der Waals surface area contributed by atoms with Crippen LogP contribution in [0.4, 0.5) is 0 Å². The van der Waals surface area contributed by atoms with Gasteiger partial charge in [0.25, 0.3) is 0 Å². The van der Waals surface area contributed by atoms with Gasteiger partial charge in [0.1, 0.15) is 17.4 Å². The van der Waals surface area contributed by atoms with E-state index in [-0.39, 0.29) is 0 Å². The summed E-state index contributed by atoms with van der Waals surface area (Å²) in [6.45, 7) is 7.77. The van der Waals surface area contributed by atoms with E-state index >= 15 is 0 Å². The molecule has 0 saturated carbocycles. The van der Waals surface area contributed by atoms with Crippen molar-refractivity contribution in [3.05, 3.63) is 52.2 Å². The van der Waals surface area contributed by atoms with Crippen LogP contribution in [-0.4, -0.2) is 4.98 Å². The van der Waals surface area contributed by atoms with Gasteiger partial charge < -0.3 is 4.74 Å². The van der Waals surface area contributed by atoms with Crippen LogP contribution in [-0.2, 0) is 0 Å². The fourth-order valence-electron chi connectivity index (χ4n) is 1.93. The number of hydrogen-bond donors (Lipinski definition) is 0. The quantitative estimate of drug-likeness (QED) is 0.812. The van der Waals surface area contributed by atoms with Crippen LogP contribution in [0.2, 0.25) is 0 Å². The molecule has 3 heteroatoms. The zero-order chi connectivity index (χ0) is 14.0. The van der Waals surface area contributed by atoms with Crippen molar-refractivity contribution in [2.24, 2.45) is 0 Å². The van der Waals surface area contributed by atoms with Crippen molar-refractivity contribution in [1.29, 1.82) is 5.26 Å². The number of rotatable bonds is 2. The van der Waals surface area contributed by atoms with Crippen molar-refractivity contribution in [3.8, 4) is 17.7 Å². The lowest BCUT2D eigenvalue weighted by molar-refractivity contribution is 0.455. The Bertz CT molecular complexity index is 669. The van der Waals surface area contributed by atoms with Crippen LogP contribution in [0.3, 0.4) is 0 Å². The summed E-state index contributed by atoms with van der Waals surface area (Å²) in [4.78, 5) is 4.33. The Morgan fingerprint density at radius 3 is 2.47 bits per heavy atom. The smallest absolute Gasteiger partial charge is 0.237 e. The minimum Gasteiger partial charge on any atom is -0.437 e. The third-order valence-electron chi connectivity index (χ3n) is 2.97. The Kier molecular flexibility index (Phi) is 3.52. The SMILES string of the molecule is Cc1ccc(C)c(Oc2nc(C)cc(C)c2C#N)c1. The van der Waals surface area contributed by atoms with Crippen LogP contribution in [0.1, 0.15) is 27.9 Å². The molecule has 2 rings (SSSR count). The second-order valence-electron chi connectivity index (χ2n) is 4.74. The monoisotopic (exact) mass is 252 g/mol. The van der Waals surface area contributed by atoms with E-state index in [0.29, 0.717) is 11.4 Å². The Morgan fingerprint density at radius 2 is 1.79 bits per heavy atom. The Hall–Kier alpha value is -2.34. The normalized spacial score (nSPS) is 10.1. The molecule has 0 radical (unpaired) electrons. The highest BCUT2D eigenvalue weighted by Crippen LogP contribution is 2.28. The first-order valence-corrected chi connectivity index (χ1v) is 6.14. The number of ether oxygens (including phenoxy) is 1. The molecule has 0 amide bonds. The Labute approximate surface area is 113 Å². The van der Waals surface area contributed by atoms with Crippen molar-refractivity contribution in [3.63, 3.8) is 0 Å². The summed E-state index contributed by atoms with van der Waals surface area (Å²) in [5.41, 5.74) is 4.36. The summed E-state index contributed by atoms with van der Waals surface area (Å²) in [7, 11) is 0. The van der Waals surface area contributed by atoms with E-state index in [1.807, 2.05) is 52.0 Å². The average molecular weight is 252 g/mol. The number of nitriles is 1. The fraction of sp³-hybridized carbons (Fsp3) is 0.250. The van der Waals surface area contributed by atoms with Crippen LogP contribution in [0.5, 0.6) is 11.6 Å². The van der Waals surface area contributed by atoms with Crippen LogP contribution in [0, 0.1) is 39.0 Å². The first kappa shape index (κ1) is 13.1. The first-order chi connectivity index (χ1) is 9.01. The van der Waals surface area contributed by atoms with E-state index in [1.165, 1.54) is 0 Å². The van der Waals surface area contributed by atoms with Crippen molar-refractivity contribution in [1.82, 2.24) is 4.98 Å². The van der Waals surface area contributed by atoms with Crippen molar-refractivity contribution in [2.75, 3.05) is 0 Å². The number of benzene rings is 1. The maximum Gasteiger partial charge on any atom is 0.237 e. The van der Waals surface area contributed by atoms with Gasteiger partial charge in [0.2, 0.25) is 5.88 Å². The van der Waals surface area contributed by atoms with Crippen molar-refractivity contribution < 1.29 is 4.74 Å². The summed E-state index contributed by atoms with van der Waals surface area (Å²) in [5.74, 6) is 1.13. The molecule has 0 aliphatic rings. The fourth-order valence-corrected chi connectivity index (χ4v) is 1.93. The highest BCUT2D eigenvalue weighted by molar-refractivity contribution is 5.48. The highest BCUT2D eigenvalue weighted by atomic mass is 16.5. The van der Waals surface area contributed by atoms with Gasteiger partial charge in [-0.2, -0.15) is 5.26 Å². The molecule has 0 unspecified atom stereocenters. The topological polar surface area (TPSA) is 45.9 Å². The highest BCUT2D eigenvalue weighted by Gasteiger charge is 2.12. The third kappa shape index (κ3) is 2.74. The maximum atomic E-state index is 9.22. The molecular formula is C16H16N2O. The zero-order valence-corrected chi connectivity index (χ0v) is 11.6. The lowest BCUT2D eigenvalue weighted by Gasteiger charge is -2.11. The van der Waals surface area contributed by atoms with Crippen LogP contribution in [0.25, 0.3) is 0 Å². The molecule has 0 fully saturated rings. The molecule has 1 heterocycles. The minimum atomic E-state index is 0.383. The predicted octanol–water partition coefficient (Wildman–Crippen LogP) is 3.98. The summed E-state index contributed by atoms with van der Waals surface area (Å²) in [6.07, 6.45) is 0. The molecular weight excluding hydrogens is 236 g/mol. The molecule has 3 nitrogen and oxygen atoms in total. The van der Waals surface area contributed by atoms with E-state index in [4.69, 9.17) is 4.74 Å². The van der Waals surface area contributed by atoms with Crippen LogP contribution < -0.4 is 4.74 Å². The van der Waals surface area contributed by atoms with Gasteiger partial charge in [-0.05, 0) is 56.5 Å². The van der Waals surface area contributed by atoms with E-state index < -0.39 is 0 Å².